The Bertz CT molecular complexity index is 421. The third-order valence-corrected chi connectivity index (χ3v) is 2.91. The second kappa shape index (κ2) is 6.90. The van der Waals surface area contributed by atoms with Gasteiger partial charge in [0.2, 0.25) is 0 Å². The number of hydrogen-bond acceptors (Lipinski definition) is 3. The number of hydrogen-bond donors (Lipinski definition) is 1. The molecule has 1 N–H and O–H groups in total. The minimum Gasteiger partial charge on any atom is -0.495 e. The van der Waals surface area contributed by atoms with Crippen LogP contribution in [0.2, 0.25) is 0 Å². The molecule has 1 rings (SSSR count). The number of anilines is 1. The monoisotopic (exact) mass is 246 g/mol. The molecule has 0 aliphatic carbocycles. The summed E-state index contributed by atoms with van der Waals surface area (Å²) >= 11 is 0. The van der Waals surface area contributed by atoms with Gasteiger partial charge < -0.3 is 10.1 Å². The van der Waals surface area contributed by atoms with Gasteiger partial charge in [-0.15, -0.1) is 0 Å². The average Bonchev–Trinajstić information content (AvgIpc) is 2.36. The van der Waals surface area contributed by atoms with Gasteiger partial charge in [0.1, 0.15) is 5.75 Å². The first-order valence-corrected chi connectivity index (χ1v) is 6.41. The van der Waals surface area contributed by atoms with Crippen molar-refractivity contribution in [2.75, 3.05) is 12.4 Å². The highest BCUT2D eigenvalue weighted by molar-refractivity contribution is 5.59. The van der Waals surface area contributed by atoms with Crippen LogP contribution in [-0.4, -0.2) is 13.2 Å². The van der Waals surface area contributed by atoms with E-state index in [9.17, 15) is 0 Å². The first-order chi connectivity index (χ1) is 8.56. The molecule has 18 heavy (non-hydrogen) atoms. The number of methoxy groups -OCH3 is 1. The van der Waals surface area contributed by atoms with E-state index in [0.717, 1.165) is 23.8 Å². The molecule has 0 aromatic heterocycles. The van der Waals surface area contributed by atoms with Crippen molar-refractivity contribution in [2.45, 2.75) is 39.7 Å². The predicted octanol–water partition coefficient (Wildman–Crippen LogP) is 3.80. The van der Waals surface area contributed by atoms with Crippen LogP contribution in [0.4, 0.5) is 5.69 Å². The van der Waals surface area contributed by atoms with Crippen LogP contribution in [0.25, 0.3) is 0 Å². The summed E-state index contributed by atoms with van der Waals surface area (Å²) in [7, 11) is 1.63. The van der Waals surface area contributed by atoms with Gasteiger partial charge in [0.15, 0.2) is 0 Å². The summed E-state index contributed by atoms with van der Waals surface area (Å²) in [5.41, 5.74) is 1.57. The van der Waals surface area contributed by atoms with E-state index in [0.29, 0.717) is 11.6 Å². The molecule has 0 radical (unpaired) electrons. The molecule has 0 amide bonds. The molecule has 1 atom stereocenters. The van der Waals surface area contributed by atoms with E-state index in [-0.39, 0.29) is 0 Å². The number of nitriles is 1. The molecule has 0 spiro atoms. The Morgan fingerprint density at radius 2 is 2.00 bits per heavy atom. The molecule has 0 heterocycles. The van der Waals surface area contributed by atoms with Crippen LogP contribution in [0.1, 0.15) is 39.2 Å². The molecule has 0 fully saturated rings. The SMILES string of the molecule is COc1cc(C#N)ccc1NC(C)CCC(C)C. The number of ether oxygens (including phenoxy) is 1. The van der Waals surface area contributed by atoms with Gasteiger partial charge in [-0.25, -0.2) is 0 Å². The predicted molar refractivity (Wildman–Crippen MR) is 74.9 cm³/mol. The summed E-state index contributed by atoms with van der Waals surface area (Å²) in [4.78, 5) is 0. The fourth-order valence-corrected chi connectivity index (χ4v) is 1.80. The summed E-state index contributed by atoms with van der Waals surface area (Å²) in [6.45, 7) is 6.63. The summed E-state index contributed by atoms with van der Waals surface area (Å²) in [5.74, 6) is 1.45. The summed E-state index contributed by atoms with van der Waals surface area (Å²) in [6, 6.07) is 7.98. The maximum Gasteiger partial charge on any atom is 0.143 e. The van der Waals surface area contributed by atoms with Crippen molar-refractivity contribution >= 4 is 5.69 Å². The van der Waals surface area contributed by atoms with Crippen LogP contribution in [0.15, 0.2) is 18.2 Å². The zero-order valence-electron chi connectivity index (χ0n) is 11.7. The van der Waals surface area contributed by atoms with Crippen LogP contribution in [0.5, 0.6) is 5.75 Å². The molecule has 1 aromatic rings. The van der Waals surface area contributed by atoms with Gasteiger partial charge in [-0.3, -0.25) is 0 Å². The van der Waals surface area contributed by atoms with Crippen molar-refractivity contribution in [1.82, 2.24) is 0 Å². The lowest BCUT2D eigenvalue weighted by atomic mass is 10.0. The molecule has 0 aliphatic heterocycles. The van der Waals surface area contributed by atoms with E-state index >= 15 is 0 Å². The van der Waals surface area contributed by atoms with Crippen molar-refractivity contribution in [3.05, 3.63) is 23.8 Å². The standard InChI is InChI=1S/C15H22N2O/c1-11(2)5-6-12(3)17-14-8-7-13(10-16)9-15(14)18-4/h7-9,11-12,17H,5-6H2,1-4H3. The molecule has 98 valence electrons. The van der Waals surface area contributed by atoms with Gasteiger partial charge in [0.25, 0.3) is 0 Å². The molecule has 0 aliphatic rings. The van der Waals surface area contributed by atoms with Crippen LogP contribution >= 0.6 is 0 Å². The van der Waals surface area contributed by atoms with Gasteiger partial charge in [0, 0.05) is 12.1 Å². The van der Waals surface area contributed by atoms with Gasteiger partial charge in [-0.05, 0) is 37.8 Å². The highest BCUT2D eigenvalue weighted by atomic mass is 16.5. The van der Waals surface area contributed by atoms with Gasteiger partial charge in [0.05, 0.1) is 24.4 Å². The largest absolute Gasteiger partial charge is 0.495 e. The van der Waals surface area contributed by atoms with Crippen molar-refractivity contribution in [2.24, 2.45) is 5.92 Å². The first-order valence-electron chi connectivity index (χ1n) is 6.41. The van der Waals surface area contributed by atoms with E-state index in [1.54, 1.807) is 19.2 Å². The lowest BCUT2D eigenvalue weighted by molar-refractivity contribution is 0.415. The molecule has 1 unspecified atom stereocenters. The maximum absolute atomic E-state index is 8.85. The molecule has 1 aromatic carbocycles. The first kappa shape index (κ1) is 14.4. The molecular weight excluding hydrogens is 224 g/mol. The molecule has 0 saturated heterocycles. The lowest BCUT2D eigenvalue weighted by Crippen LogP contribution is -2.16. The van der Waals surface area contributed by atoms with E-state index in [1.807, 2.05) is 6.07 Å². The molecular formula is C15H22N2O. The van der Waals surface area contributed by atoms with Crippen molar-refractivity contribution < 1.29 is 4.74 Å². The Hall–Kier alpha value is -1.69. The van der Waals surface area contributed by atoms with Gasteiger partial charge >= 0.3 is 0 Å². The van der Waals surface area contributed by atoms with E-state index in [4.69, 9.17) is 10.00 Å². The normalized spacial score (nSPS) is 12.0. The third kappa shape index (κ3) is 4.29. The Kier molecular flexibility index (Phi) is 5.51. The zero-order valence-corrected chi connectivity index (χ0v) is 11.7. The van der Waals surface area contributed by atoms with Gasteiger partial charge in [-0.2, -0.15) is 5.26 Å². The lowest BCUT2D eigenvalue weighted by Gasteiger charge is -2.18. The Morgan fingerprint density at radius 1 is 1.28 bits per heavy atom. The average molecular weight is 246 g/mol. The van der Waals surface area contributed by atoms with Crippen LogP contribution < -0.4 is 10.1 Å². The highest BCUT2D eigenvalue weighted by Gasteiger charge is 2.08. The van der Waals surface area contributed by atoms with E-state index < -0.39 is 0 Å². The second-order valence-corrected chi connectivity index (χ2v) is 5.04. The Morgan fingerprint density at radius 3 is 2.56 bits per heavy atom. The summed E-state index contributed by atoms with van der Waals surface area (Å²) in [5, 5.41) is 12.3. The Labute approximate surface area is 110 Å². The molecule has 0 saturated carbocycles. The number of nitrogens with one attached hydrogen (secondary N) is 1. The maximum atomic E-state index is 8.85. The number of nitrogens with zero attached hydrogens (tertiary/aromatic N) is 1. The minimum absolute atomic E-state index is 0.397. The zero-order chi connectivity index (χ0) is 13.5. The molecule has 0 bridgehead atoms. The summed E-state index contributed by atoms with van der Waals surface area (Å²) in [6.07, 6.45) is 2.33. The fourth-order valence-electron chi connectivity index (χ4n) is 1.80. The van der Waals surface area contributed by atoms with Crippen LogP contribution in [-0.2, 0) is 0 Å². The molecule has 3 nitrogen and oxygen atoms in total. The smallest absolute Gasteiger partial charge is 0.143 e. The third-order valence-electron chi connectivity index (χ3n) is 2.91. The van der Waals surface area contributed by atoms with Crippen molar-refractivity contribution in [3.63, 3.8) is 0 Å². The Balaban J connectivity index is 2.69. The topological polar surface area (TPSA) is 45.0 Å². The van der Waals surface area contributed by atoms with E-state index in [2.05, 4.69) is 32.2 Å². The number of rotatable bonds is 6. The minimum atomic E-state index is 0.397. The summed E-state index contributed by atoms with van der Waals surface area (Å²) < 4.78 is 5.30. The van der Waals surface area contributed by atoms with Crippen molar-refractivity contribution in [3.8, 4) is 11.8 Å². The van der Waals surface area contributed by atoms with Crippen molar-refractivity contribution in [1.29, 1.82) is 5.26 Å². The van der Waals surface area contributed by atoms with E-state index in [1.165, 1.54) is 6.42 Å². The quantitative estimate of drug-likeness (QED) is 0.830. The highest BCUT2D eigenvalue weighted by Crippen LogP contribution is 2.26. The fraction of sp³-hybridized carbons (Fsp3) is 0.533. The van der Waals surface area contributed by atoms with Gasteiger partial charge in [-0.1, -0.05) is 13.8 Å². The van der Waals surface area contributed by atoms with Crippen LogP contribution in [0.3, 0.4) is 0 Å². The second-order valence-electron chi connectivity index (χ2n) is 5.04. The van der Waals surface area contributed by atoms with Crippen LogP contribution in [0, 0.1) is 17.2 Å². The molecule has 3 heteroatoms. The number of benzene rings is 1.